The maximum absolute atomic E-state index is 12.5. The third-order valence-corrected chi connectivity index (χ3v) is 5.22. The molecule has 0 fully saturated rings. The van der Waals surface area contributed by atoms with Crippen LogP contribution in [-0.2, 0) is 9.53 Å². The number of hydrogen-bond donors (Lipinski definition) is 0. The van der Waals surface area contributed by atoms with Crippen LogP contribution in [0.4, 0.5) is 5.69 Å². The van der Waals surface area contributed by atoms with Crippen molar-refractivity contribution in [2.75, 3.05) is 13.2 Å². The first kappa shape index (κ1) is 24.0. The molecule has 1 heterocycles. The number of nitrogens with zero attached hydrogens (tertiary/aromatic N) is 2. The molecule has 0 spiro atoms. The van der Waals surface area contributed by atoms with E-state index in [9.17, 15) is 34.1 Å². The summed E-state index contributed by atoms with van der Waals surface area (Å²) in [6.45, 7) is -1.49. The molecular weight excluding hydrogens is 472 g/mol. The first-order valence-corrected chi connectivity index (χ1v) is 10.5. The van der Waals surface area contributed by atoms with Crippen molar-refractivity contribution in [2.24, 2.45) is 0 Å². The zero-order chi connectivity index (χ0) is 25.8. The quantitative estimate of drug-likeness (QED) is 0.116. The third-order valence-electron chi connectivity index (χ3n) is 5.22. The van der Waals surface area contributed by atoms with Crippen molar-refractivity contribution in [3.05, 3.63) is 105 Å². The molecule has 0 unspecified atom stereocenters. The van der Waals surface area contributed by atoms with E-state index in [1.807, 2.05) is 0 Å². The molecule has 1 aliphatic heterocycles. The van der Waals surface area contributed by atoms with E-state index in [1.165, 1.54) is 36.4 Å². The summed E-state index contributed by atoms with van der Waals surface area (Å²) in [6.07, 6.45) is 0. The van der Waals surface area contributed by atoms with Crippen LogP contribution in [0.1, 0.15) is 41.4 Å². The molecule has 36 heavy (non-hydrogen) atoms. The number of hydrogen-bond acceptors (Lipinski definition) is 9. The Labute approximate surface area is 203 Å². The van der Waals surface area contributed by atoms with Crippen LogP contribution < -0.4 is 4.74 Å². The molecular formula is C25H16N2O9. The standard InChI is InChI=1S/C25H16N2O9/c28-20(15-9-11-17(12-10-15)36-25(32)16-5-2-1-3-6-16)14-35-21(29)13-26-23(30)18-7-4-8-19(27(33)34)22(18)24(26)31/h1-12H,13-14H2. The predicted molar refractivity (Wildman–Crippen MR) is 122 cm³/mol. The van der Waals surface area contributed by atoms with Gasteiger partial charge in [0.1, 0.15) is 17.9 Å². The summed E-state index contributed by atoms with van der Waals surface area (Å²) < 4.78 is 10.1. The molecule has 3 aromatic rings. The lowest BCUT2D eigenvalue weighted by atomic mass is 10.1. The average Bonchev–Trinajstić information content (AvgIpc) is 3.13. The Hall–Kier alpha value is -5.19. The van der Waals surface area contributed by atoms with Crippen LogP contribution in [0.5, 0.6) is 5.75 Å². The molecule has 0 saturated carbocycles. The number of benzene rings is 3. The zero-order valence-corrected chi connectivity index (χ0v) is 18.4. The molecule has 0 aromatic heterocycles. The van der Waals surface area contributed by atoms with Gasteiger partial charge in [-0.25, -0.2) is 4.79 Å². The van der Waals surface area contributed by atoms with Gasteiger partial charge in [-0.1, -0.05) is 24.3 Å². The molecule has 11 heteroatoms. The molecule has 180 valence electrons. The number of esters is 2. The lowest BCUT2D eigenvalue weighted by molar-refractivity contribution is -0.385. The highest BCUT2D eigenvalue weighted by Gasteiger charge is 2.42. The summed E-state index contributed by atoms with van der Waals surface area (Å²) in [7, 11) is 0. The van der Waals surface area contributed by atoms with Crippen molar-refractivity contribution in [3.63, 3.8) is 0 Å². The average molecular weight is 488 g/mol. The van der Waals surface area contributed by atoms with Crippen molar-refractivity contribution >= 4 is 35.2 Å². The molecule has 0 bridgehead atoms. The Morgan fingerprint density at radius 2 is 1.53 bits per heavy atom. The van der Waals surface area contributed by atoms with E-state index in [4.69, 9.17) is 9.47 Å². The Morgan fingerprint density at radius 3 is 2.19 bits per heavy atom. The fourth-order valence-corrected chi connectivity index (χ4v) is 3.46. The second kappa shape index (κ2) is 9.97. The number of ketones is 1. The van der Waals surface area contributed by atoms with E-state index in [-0.39, 0.29) is 16.9 Å². The first-order chi connectivity index (χ1) is 17.3. The molecule has 2 amide bonds. The normalized spacial score (nSPS) is 12.2. The molecule has 0 atom stereocenters. The van der Waals surface area contributed by atoms with E-state index < -0.39 is 58.9 Å². The highest BCUT2D eigenvalue weighted by Crippen LogP contribution is 2.30. The van der Waals surface area contributed by atoms with Gasteiger partial charge in [0.15, 0.2) is 12.4 Å². The Kier molecular flexibility index (Phi) is 6.63. The fourth-order valence-electron chi connectivity index (χ4n) is 3.46. The number of carbonyl (C=O) groups is 5. The molecule has 1 aliphatic rings. The summed E-state index contributed by atoms with van der Waals surface area (Å²) in [4.78, 5) is 72.5. The summed E-state index contributed by atoms with van der Waals surface area (Å²) in [5.41, 5.74) is -0.610. The highest BCUT2D eigenvalue weighted by atomic mass is 16.6. The molecule has 11 nitrogen and oxygen atoms in total. The van der Waals surface area contributed by atoms with E-state index in [0.717, 1.165) is 6.07 Å². The van der Waals surface area contributed by atoms with E-state index in [2.05, 4.69) is 0 Å². The largest absolute Gasteiger partial charge is 0.456 e. The van der Waals surface area contributed by atoms with Crippen LogP contribution >= 0.6 is 0 Å². The second-order valence-electron chi connectivity index (χ2n) is 7.52. The molecule has 4 rings (SSSR count). The Bertz CT molecular complexity index is 1400. The topological polar surface area (TPSA) is 150 Å². The summed E-state index contributed by atoms with van der Waals surface area (Å²) in [5, 5.41) is 11.2. The number of imide groups is 1. The minimum absolute atomic E-state index is 0.165. The fraction of sp³-hybridized carbons (Fsp3) is 0.0800. The molecule has 0 radical (unpaired) electrons. The number of nitro benzene ring substituents is 1. The lowest BCUT2D eigenvalue weighted by Crippen LogP contribution is -2.36. The van der Waals surface area contributed by atoms with Gasteiger partial charge in [-0.3, -0.25) is 34.2 Å². The van der Waals surface area contributed by atoms with Crippen molar-refractivity contribution < 1.29 is 38.4 Å². The SMILES string of the molecule is O=C(CN1C(=O)c2cccc([N+](=O)[O-])c2C1=O)OCC(=O)c1ccc(OC(=O)c2ccccc2)cc1. The second-order valence-corrected chi connectivity index (χ2v) is 7.52. The van der Waals surface area contributed by atoms with Gasteiger partial charge >= 0.3 is 11.9 Å². The third kappa shape index (κ3) is 4.85. The smallest absolute Gasteiger partial charge is 0.343 e. The van der Waals surface area contributed by atoms with E-state index in [1.54, 1.807) is 30.3 Å². The summed E-state index contributed by atoms with van der Waals surface area (Å²) in [5.74, 6) is -3.86. The van der Waals surface area contributed by atoms with Crippen molar-refractivity contribution in [3.8, 4) is 5.75 Å². The number of rotatable bonds is 8. The molecule has 0 N–H and O–H groups in total. The van der Waals surface area contributed by atoms with E-state index >= 15 is 0 Å². The highest BCUT2D eigenvalue weighted by molar-refractivity contribution is 6.24. The summed E-state index contributed by atoms with van der Waals surface area (Å²) in [6, 6.07) is 17.5. The number of carbonyl (C=O) groups excluding carboxylic acids is 5. The number of Topliss-reactive ketones (excluding diaryl/α,β-unsaturated/α-hetero) is 1. The lowest BCUT2D eigenvalue weighted by Gasteiger charge is -2.12. The maximum atomic E-state index is 12.5. The van der Waals surface area contributed by atoms with Crippen molar-refractivity contribution in [1.82, 2.24) is 4.90 Å². The monoisotopic (exact) mass is 488 g/mol. The number of ether oxygens (including phenoxy) is 2. The number of fused-ring (bicyclic) bond motifs is 1. The minimum Gasteiger partial charge on any atom is -0.456 e. The Balaban J connectivity index is 1.32. The first-order valence-electron chi connectivity index (χ1n) is 10.5. The van der Waals surface area contributed by atoms with Gasteiger partial charge in [-0.2, -0.15) is 0 Å². The number of nitro groups is 1. The van der Waals surface area contributed by atoms with Gasteiger partial charge < -0.3 is 9.47 Å². The molecule has 0 aliphatic carbocycles. The minimum atomic E-state index is -1.05. The van der Waals surface area contributed by atoms with Crippen LogP contribution in [0.25, 0.3) is 0 Å². The van der Waals surface area contributed by atoms with Crippen LogP contribution in [0.15, 0.2) is 72.8 Å². The van der Waals surface area contributed by atoms with Gasteiger partial charge in [0.05, 0.1) is 16.1 Å². The van der Waals surface area contributed by atoms with Gasteiger partial charge in [-0.15, -0.1) is 0 Å². The Morgan fingerprint density at radius 1 is 0.833 bits per heavy atom. The number of amides is 2. The van der Waals surface area contributed by atoms with Crippen LogP contribution in [0.2, 0.25) is 0 Å². The van der Waals surface area contributed by atoms with Crippen LogP contribution in [-0.4, -0.2) is 52.5 Å². The van der Waals surface area contributed by atoms with Gasteiger partial charge in [0.25, 0.3) is 17.5 Å². The molecule has 3 aromatic carbocycles. The molecule has 0 saturated heterocycles. The van der Waals surface area contributed by atoms with Crippen molar-refractivity contribution in [2.45, 2.75) is 0 Å². The zero-order valence-electron chi connectivity index (χ0n) is 18.4. The van der Waals surface area contributed by atoms with E-state index in [0.29, 0.717) is 10.5 Å². The van der Waals surface area contributed by atoms with Crippen molar-refractivity contribution in [1.29, 1.82) is 0 Å². The predicted octanol–water partition coefficient (Wildman–Crippen LogP) is 2.84. The maximum Gasteiger partial charge on any atom is 0.343 e. The van der Waals surface area contributed by atoms with Gasteiger partial charge in [0, 0.05) is 11.6 Å². The van der Waals surface area contributed by atoms with Gasteiger partial charge in [0.2, 0.25) is 0 Å². The summed E-state index contributed by atoms with van der Waals surface area (Å²) >= 11 is 0. The van der Waals surface area contributed by atoms with Gasteiger partial charge in [-0.05, 0) is 42.5 Å². The van der Waals surface area contributed by atoms with Crippen LogP contribution in [0.3, 0.4) is 0 Å². The van der Waals surface area contributed by atoms with Crippen LogP contribution in [0, 0.1) is 10.1 Å².